The summed E-state index contributed by atoms with van der Waals surface area (Å²) >= 11 is 11.8. The third-order valence-corrected chi connectivity index (χ3v) is 5.36. The minimum atomic E-state index is -0.174. The molecule has 0 N–H and O–H groups in total. The van der Waals surface area contributed by atoms with E-state index in [1.54, 1.807) is 41.1 Å². The van der Waals surface area contributed by atoms with Gasteiger partial charge in [-0.1, -0.05) is 35.3 Å². The molecule has 0 aliphatic carbocycles. The van der Waals surface area contributed by atoms with Gasteiger partial charge in [0, 0.05) is 42.3 Å². The summed E-state index contributed by atoms with van der Waals surface area (Å²) in [7, 11) is 1.80. The summed E-state index contributed by atoms with van der Waals surface area (Å²) in [5.41, 5.74) is 1.63. The first-order valence-electron chi connectivity index (χ1n) is 8.98. The highest BCUT2D eigenvalue weighted by Gasteiger charge is 2.30. The zero-order valence-corrected chi connectivity index (χ0v) is 16.7. The molecule has 1 unspecified atom stereocenters. The first-order valence-corrected chi connectivity index (χ1v) is 9.74. The Morgan fingerprint density at radius 1 is 1.04 bits per heavy atom. The first kappa shape index (κ1) is 19.7. The van der Waals surface area contributed by atoms with E-state index < -0.39 is 0 Å². The van der Waals surface area contributed by atoms with E-state index in [4.69, 9.17) is 23.2 Å². The smallest absolute Gasteiger partial charge is 0.253 e. The number of carbonyl (C=O) groups excluding carboxylic acids is 2. The topological polar surface area (TPSA) is 40.6 Å². The van der Waals surface area contributed by atoms with Gasteiger partial charge in [-0.15, -0.1) is 0 Å². The van der Waals surface area contributed by atoms with Crippen molar-refractivity contribution in [1.29, 1.82) is 0 Å². The van der Waals surface area contributed by atoms with E-state index in [1.165, 1.54) is 0 Å². The third kappa shape index (κ3) is 5.02. The van der Waals surface area contributed by atoms with Gasteiger partial charge in [0.25, 0.3) is 5.91 Å². The number of rotatable bonds is 4. The van der Waals surface area contributed by atoms with Gasteiger partial charge < -0.3 is 9.80 Å². The molecule has 3 rings (SSSR count). The molecule has 1 aliphatic heterocycles. The van der Waals surface area contributed by atoms with E-state index in [-0.39, 0.29) is 17.7 Å². The molecular weight excluding hydrogens is 383 g/mol. The number of benzene rings is 2. The maximum atomic E-state index is 12.9. The van der Waals surface area contributed by atoms with E-state index in [2.05, 4.69) is 0 Å². The van der Waals surface area contributed by atoms with Crippen LogP contribution in [0, 0.1) is 5.92 Å². The molecule has 4 nitrogen and oxygen atoms in total. The highest BCUT2D eigenvalue weighted by atomic mass is 35.5. The van der Waals surface area contributed by atoms with Crippen LogP contribution < -0.4 is 0 Å². The Balaban J connectivity index is 1.62. The number of hydrogen-bond acceptors (Lipinski definition) is 2. The number of hydrogen-bond donors (Lipinski definition) is 0. The van der Waals surface area contributed by atoms with Crippen LogP contribution in [-0.2, 0) is 11.3 Å². The number of likely N-dealkylation sites (tertiary alicyclic amines) is 1. The van der Waals surface area contributed by atoms with Crippen LogP contribution in [0.3, 0.4) is 0 Å². The Morgan fingerprint density at radius 2 is 1.63 bits per heavy atom. The monoisotopic (exact) mass is 404 g/mol. The van der Waals surface area contributed by atoms with Gasteiger partial charge >= 0.3 is 0 Å². The lowest BCUT2D eigenvalue weighted by Gasteiger charge is -2.34. The molecule has 2 aromatic carbocycles. The van der Waals surface area contributed by atoms with Crippen molar-refractivity contribution in [2.75, 3.05) is 20.1 Å². The van der Waals surface area contributed by atoms with Crippen molar-refractivity contribution in [3.05, 3.63) is 69.7 Å². The Bertz CT molecular complexity index is 806. The average Bonchev–Trinajstić information content (AvgIpc) is 2.69. The molecule has 0 saturated carbocycles. The van der Waals surface area contributed by atoms with Crippen LogP contribution >= 0.6 is 23.2 Å². The van der Waals surface area contributed by atoms with Gasteiger partial charge in [-0.25, -0.2) is 0 Å². The van der Waals surface area contributed by atoms with Crippen LogP contribution in [0.1, 0.15) is 28.8 Å². The van der Waals surface area contributed by atoms with Crippen molar-refractivity contribution in [3.63, 3.8) is 0 Å². The first-order chi connectivity index (χ1) is 12.9. The Hall–Kier alpha value is -2.04. The lowest BCUT2D eigenvalue weighted by molar-refractivity contribution is -0.136. The van der Waals surface area contributed by atoms with E-state index in [1.807, 2.05) is 24.3 Å². The molecule has 1 saturated heterocycles. The Labute approximate surface area is 169 Å². The highest BCUT2D eigenvalue weighted by Crippen LogP contribution is 2.22. The molecule has 0 bridgehead atoms. The van der Waals surface area contributed by atoms with Gasteiger partial charge in [0.15, 0.2) is 0 Å². The molecule has 0 aromatic heterocycles. The molecule has 0 radical (unpaired) electrons. The predicted molar refractivity (Wildman–Crippen MR) is 108 cm³/mol. The van der Waals surface area contributed by atoms with Crippen LogP contribution in [0.25, 0.3) is 0 Å². The van der Waals surface area contributed by atoms with Crippen molar-refractivity contribution < 1.29 is 9.59 Å². The van der Waals surface area contributed by atoms with Crippen LogP contribution in [0.2, 0.25) is 10.0 Å². The third-order valence-electron chi connectivity index (χ3n) is 4.86. The molecule has 1 heterocycles. The minimum Gasteiger partial charge on any atom is -0.341 e. The van der Waals surface area contributed by atoms with Crippen LogP contribution in [0.15, 0.2) is 48.5 Å². The lowest BCUT2D eigenvalue weighted by Crippen LogP contribution is -2.45. The van der Waals surface area contributed by atoms with Crippen molar-refractivity contribution >= 4 is 35.0 Å². The molecule has 1 aliphatic rings. The summed E-state index contributed by atoms with van der Waals surface area (Å²) in [4.78, 5) is 29.1. The summed E-state index contributed by atoms with van der Waals surface area (Å²) in [6, 6.07) is 14.4. The van der Waals surface area contributed by atoms with E-state index in [9.17, 15) is 9.59 Å². The molecule has 2 aromatic rings. The van der Waals surface area contributed by atoms with Gasteiger partial charge in [0.2, 0.25) is 5.91 Å². The van der Waals surface area contributed by atoms with E-state index in [0.717, 1.165) is 18.4 Å². The molecule has 27 heavy (non-hydrogen) atoms. The van der Waals surface area contributed by atoms with Crippen LogP contribution in [0.4, 0.5) is 0 Å². The van der Waals surface area contributed by atoms with Crippen molar-refractivity contribution in [2.45, 2.75) is 19.4 Å². The van der Waals surface area contributed by atoms with Gasteiger partial charge in [0.1, 0.15) is 0 Å². The average molecular weight is 405 g/mol. The second-order valence-electron chi connectivity index (χ2n) is 6.92. The zero-order valence-electron chi connectivity index (χ0n) is 15.2. The molecule has 2 amide bonds. The Kier molecular flexibility index (Phi) is 6.40. The summed E-state index contributed by atoms with van der Waals surface area (Å²) in [5, 5.41) is 1.28. The van der Waals surface area contributed by atoms with Crippen molar-refractivity contribution in [2.24, 2.45) is 5.92 Å². The standard InChI is InChI=1S/C21H22Cl2N2O2/c1-24(13-15-4-8-18(22)9-5-15)20(26)17-3-2-12-25(14-17)21(27)16-6-10-19(23)11-7-16/h4-11,17H,2-3,12-14H2,1H3. The normalized spacial score (nSPS) is 16.9. The number of amides is 2. The second-order valence-corrected chi connectivity index (χ2v) is 7.79. The highest BCUT2D eigenvalue weighted by molar-refractivity contribution is 6.30. The maximum absolute atomic E-state index is 12.9. The zero-order chi connectivity index (χ0) is 19.4. The molecule has 6 heteroatoms. The summed E-state index contributed by atoms with van der Waals surface area (Å²) in [6.07, 6.45) is 1.62. The number of halogens is 2. The van der Waals surface area contributed by atoms with Gasteiger partial charge in [-0.2, -0.15) is 0 Å². The quantitative estimate of drug-likeness (QED) is 0.752. The fourth-order valence-electron chi connectivity index (χ4n) is 3.39. The summed E-state index contributed by atoms with van der Waals surface area (Å²) < 4.78 is 0. The van der Waals surface area contributed by atoms with E-state index >= 15 is 0 Å². The minimum absolute atomic E-state index is 0.0514. The van der Waals surface area contributed by atoms with Gasteiger partial charge in [0.05, 0.1) is 5.92 Å². The molecule has 1 atom stereocenters. The SMILES string of the molecule is CN(Cc1ccc(Cl)cc1)C(=O)C1CCCN(C(=O)c2ccc(Cl)cc2)C1. The number of nitrogens with zero attached hydrogens (tertiary/aromatic N) is 2. The summed E-state index contributed by atoms with van der Waals surface area (Å²) in [5.74, 6) is -0.157. The van der Waals surface area contributed by atoms with Crippen LogP contribution in [-0.4, -0.2) is 41.8 Å². The number of piperidine rings is 1. The lowest BCUT2D eigenvalue weighted by atomic mass is 9.95. The van der Waals surface area contributed by atoms with Crippen LogP contribution in [0.5, 0.6) is 0 Å². The fraction of sp³-hybridized carbons (Fsp3) is 0.333. The Morgan fingerprint density at radius 3 is 2.26 bits per heavy atom. The molecule has 1 fully saturated rings. The van der Waals surface area contributed by atoms with Crippen molar-refractivity contribution in [1.82, 2.24) is 9.80 Å². The van der Waals surface area contributed by atoms with Gasteiger partial charge in [-0.3, -0.25) is 9.59 Å². The predicted octanol–water partition coefficient (Wildman–Crippen LogP) is 4.50. The van der Waals surface area contributed by atoms with Crippen molar-refractivity contribution in [3.8, 4) is 0 Å². The largest absolute Gasteiger partial charge is 0.341 e. The molecular formula is C21H22Cl2N2O2. The number of carbonyl (C=O) groups is 2. The molecule has 142 valence electrons. The maximum Gasteiger partial charge on any atom is 0.253 e. The second kappa shape index (κ2) is 8.77. The molecule has 0 spiro atoms. The fourth-order valence-corrected chi connectivity index (χ4v) is 3.64. The summed E-state index contributed by atoms with van der Waals surface area (Å²) in [6.45, 7) is 1.65. The van der Waals surface area contributed by atoms with E-state index in [0.29, 0.717) is 35.2 Å². The van der Waals surface area contributed by atoms with Gasteiger partial charge in [-0.05, 0) is 54.8 Å².